The van der Waals surface area contributed by atoms with Gasteiger partial charge in [-0.25, -0.2) is 12.8 Å². The van der Waals surface area contributed by atoms with Crippen molar-refractivity contribution in [2.45, 2.75) is 17.6 Å². The Morgan fingerprint density at radius 2 is 2.08 bits per heavy atom. The molecular weight excluding hydrogens is 359 g/mol. The molecule has 1 aromatic carbocycles. The Kier molecular flexibility index (Phi) is 4.02. The quantitative estimate of drug-likeness (QED) is 0.746. The molecule has 1 N–H and O–H groups in total. The minimum atomic E-state index is -3.44. The number of sulfonamides is 1. The Labute approximate surface area is 149 Å². The number of rotatable bonds is 3. The van der Waals surface area contributed by atoms with Crippen LogP contribution in [0.1, 0.15) is 16.9 Å². The molecule has 0 fully saturated rings. The fraction of sp³-hybridized carbons (Fsp3) is 0.222. The Bertz CT molecular complexity index is 1080. The summed E-state index contributed by atoms with van der Waals surface area (Å²) in [7, 11) is -3.44. The molecule has 2 aromatic heterocycles. The van der Waals surface area contributed by atoms with E-state index in [0.717, 1.165) is 26.9 Å². The van der Waals surface area contributed by atoms with E-state index in [1.807, 2.05) is 25.3 Å². The summed E-state index contributed by atoms with van der Waals surface area (Å²) in [5.74, 6) is -0.276. The van der Waals surface area contributed by atoms with E-state index < -0.39 is 10.0 Å². The highest BCUT2D eigenvalue weighted by Gasteiger charge is 2.28. The van der Waals surface area contributed by atoms with E-state index in [2.05, 4.69) is 4.98 Å². The van der Waals surface area contributed by atoms with E-state index >= 15 is 0 Å². The van der Waals surface area contributed by atoms with Gasteiger partial charge in [0.2, 0.25) is 0 Å². The summed E-state index contributed by atoms with van der Waals surface area (Å²) in [6.07, 6.45) is 4.39. The molecule has 0 saturated heterocycles. The van der Waals surface area contributed by atoms with Gasteiger partial charge in [-0.3, -0.25) is 0 Å². The van der Waals surface area contributed by atoms with Crippen molar-refractivity contribution in [2.24, 2.45) is 0 Å². The van der Waals surface area contributed by atoms with Gasteiger partial charge in [-0.2, -0.15) is 4.31 Å². The van der Waals surface area contributed by atoms with Crippen molar-refractivity contribution < 1.29 is 12.8 Å². The second-order valence-corrected chi connectivity index (χ2v) is 9.55. The zero-order chi connectivity index (χ0) is 17.6. The van der Waals surface area contributed by atoms with Crippen LogP contribution < -0.4 is 0 Å². The topological polar surface area (TPSA) is 53.2 Å². The zero-order valence-corrected chi connectivity index (χ0v) is 15.3. The van der Waals surface area contributed by atoms with Crippen molar-refractivity contribution in [1.29, 1.82) is 0 Å². The Hall–Kier alpha value is -1.96. The summed E-state index contributed by atoms with van der Waals surface area (Å²) in [6.45, 7) is 2.65. The van der Waals surface area contributed by atoms with E-state index in [9.17, 15) is 12.8 Å². The monoisotopic (exact) mass is 376 g/mol. The average molecular weight is 376 g/mol. The van der Waals surface area contributed by atoms with Crippen LogP contribution in [0, 0.1) is 12.7 Å². The smallest absolute Gasteiger partial charge is 0.252 e. The maximum absolute atomic E-state index is 13.5. The van der Waals surface area contributed by atoms with Crippen molar-refractivity contribution >= 4 is 37.8 Å². The third kappa shape index (κ3) is 2.92. The number of thiophene rings is 1. The summed E-state index contributed by atoms with van der Waals surface area (Å²) in [4.78, 5) is 4.12. The van der Waals surface area contributed by atoms with Crippen molar-refractivity contribution in [3.63, 3.8) is 0 Å². The van der Waals surface area contributed by atoms with E-state index in [4.69, 9.17) is 0 Å². The van der Waals surface area contributed by atoms with Crippen LogP contribution in [0.25, 0.3) is 16.5 Å². The van der Waals surface area contributed by atoms with Gasteiger partial charge >= 0.3 is 0 Å². The molecule has 25 heavy (non-hydrogen) atoms. The van der Waals surface area contributed by atoms with Gasteiger partial charge in [0.1, 0.15) is 10.0 Å². The lowest BCUT2D eigenvalue weighted by Crippen LogP contribution is -2.34. The summed E-state index contributed by atoms with van der Waals surface area (Å²) < 4.78 is 40.8. The summed E-state index contributed by atoms with van der Waals surface area (Å²) >= 11 is 1.29. The molecule has 0 atom stereocenters. The van der Waals surface area contributed by atoms with E-state index in [-0.39, 0.29) is 5.82 Å². The van der Waals surface area contributed by atoms with E-state index in [0.29, 0.717) is 23.7 Å². The number of nitrogens with one attached hydrogen (secondary N) is 1. The van der Waals surface area contributed by atoms with Crippen LogP contribution in [0.2, 0.25) is 0 Å². The number of hydrogen-bond acceptors (Lipinski definition) is 3. The zero-order valence-electron chi connectivity index (χ0n) is 13.6. The minimum absolute atomic E-state index is 0.276. The molecule has 1 aliphatic heterocycles. The number of H-pyrrole nitrogens is 1. The molecule has 7 heteroatoms. The van der Waals surface area contributed by atoms with Crippen LogP contribution in [0.3, 0.4) is 0 Å². The number of nitrogens with zero attached hydrogens (tertiary/aromatic N) is 1. The van der Waals surface area contributed by atoms with Crippen LogP contribution >= 0.6 is 11.3 Å². The highest BCUT2D eigenvalue weighted by Crippen LogP contribution is 2.32. The van der Waals surface area contributed by atoms with Crippen LogP contribution in [-0.4, -0.2) is 30.8 Å². The Morgan fingerprint density at radius 1 is 1.24 bits per heavy atom. The van der Waals surface area contributed by atoms with Gasteiger partial charge in [-0.1, -0.05) is 6.08 Å². The first kappa shape index (κ1) is 16.5. The lowest BCUT2D eigenvalue weighted by molar-refractivity contribution is 0.443. The molecule has 0 bridgehead atoms. The van der Waals surface area contributed by atoms with Gasteiger partial charge in [0, 0.05) is 40.6 Å². The normalized spacial score (nSPS) is 16.3. The van der Waals surface area contributed by atoms with Crippen molar-refractivity contribution in [2.75, 3.05) is 13.1 Å². The second kappa shape index (κ2) is 6.09. The van der Waals surface area contributed by atoms with Gasteiger partial charge in [0.15, 0.2) is 0 Å². The van der Waals surface area contributed by atoms with Gasteiger partial charge in [0.25, 0.3) is 10.0 Å². The molecule has 0 unspecified atom stereocenters. The number of fused-ring (bicyclic) bond motifs is 1. The highest BCUT2D eigenvalue weighted by molar-refractivity contribution is 7.91. The molecule has 1 aliphatic rings. The van der Waals surface area contributed by atoms with Crippen LogP contribution in [0.5, 0.6) is 0 Å². The fourth-order valence-corrected chi connectivity index (χ4v) is 5.97. The maximum atomic E-state index is 13.5. The van der Waals surface area contributed by atoms with Crippen molar-refractivity contribution in [3.8, 4) is 0 Å². The number of benzene rings is 1. The van der Waals surface area contributed by atoms with E-state index in [1.165, 1.54) is 27.8 Å². The molecule has 130 valence electrons. The second-order valence-electron chi connectivity index (χ2n) is 6.10. The van der Waals surface area contributed by atoms with E-state index in [1.54, 1.807) is 12.1 Å². The molecule has 4 rings (SSSR count). The average Bonchev–Trinajstić information content (AvgIpc) is 3.21. The Balaban J connectivity index is 1.63. The summed E-state index contributed by atoms with van der Waals surface area (Å²) in [6, 6.07) is 8.14. The first-order valence-corrected chi connectivity index (χ1v) is 10.2. The largest absolute Gasteiger partial charge is 0.361 e. The number of hydrogen-bond donors (Lipinski definition) is 1. The third-order valence-electron chi connectivity index (χ3n) is 4.47. The van der Waals surface area contributed by atoms with Gasteiger partial charge in [-0.15, -0.1) is 11.3 Å². The molecule has 3 heterocycles. The van der Waals surface area contributed by atoms with Gasteiger partial charge in [0.05, 0.1) is 0 Å². The van der Waals surface area contributed by atoms with Crippen molar-refractivity contribution in [1.82, 2.24) is 9.29 Å². The molecular formula is C18H17FN2O2S2. The standard InChI is InChI=1S/C18H17FN2O2S2/c1-12-2-5-18(24-12)25(22,23)21-8-6-13(7-9-21)16-11-20-17-4-3-14(19)10-15(16)17/h2-6,10-11,20H,7-9H2,1H3. The first-order chi connectivity index (χ1) is 11.9. The minimum Gasteiger partial charge on any atom is -0.361 e. The molecule has 3 aromatic rings. The number of aromatic nitrogens is 1. The van der Waals surface area contributed by atoms with Gasteiger partial charge < -0.3 is 4.98 Å². The summed E-state index contributed by atoms with van der Waals surface area (Å²) in [5.41, 5.74) is 2.87. The molecule has 0 spiro atoms. The number of aromatic amines is 1. The predicted molar refractivity (Wildman–Crippen MR) is 98.7 cm³/mol. The van der Waals surface area contributed by atoms with Crippen LogP contribution in [-0.2, 0) is 10.0 Å². The molecule has 0 aliphatic carbocycles. The fourth-order valence-electron chi connectivity index (χ4n) is 3.15. The van der Waals surface area contributed by atoms with Gasteiger partial charge in [-0.05, 0) is 49.2 Å². The number of aryl methyl sites for hydroxylation is 1. The van der Waals surface area contributed by atoms with Crippen molar-refractivity contribution in [3.05, 3.63) is 58.9 Å². The number of halogens is 1. The first-order valence-electron chi connectivity index (χ1n) is 7.98. The molecule has 4 nitrogen and oxygen atoms in total. The maximum Gasteiger partial charge on any atom is 0.252 e. The Morgan fingerprint density at radius 3 is 2.76 bits per heavy atom. The molecule has 0 saturated carbocycles. The lowest BCUT2D eigenvalue weighted by atomic mass is 10.00. The highest BCUT2D eigenvalue weighted by atomic mass is 32.2. The SMILES string of the molecule is Cc1ccc(S(=O)(=O)N2CC=C(c3c[nH]c4ccc(F)cc34)CC2)s1. The van der Waals surface area contributed by atoms with Crippen LogP contribution in [0.4, 0.5) is 4.39 Å². The predicted octanol–water partition coefficient (Wildman–Crippen LogP) is 4.15. The van der Waals surface area contributed by atoms with Crippen LogP contribution in [0.15, 0.2) is 46.8 Å². The molecule has 0 radical (unpaired) electrons. The summed E-state index contributed by atoms with van der Waals surface area (Å²) in [5, 5.41) is 0.830. The lowest BCUT2D eigenvalue weighted by Gasteiger charge is -2.25. The third-order valence-corrected chi connectivity index (χ3v) is 7.80. The molecule has 0 amide bonds.